The SMILES string of the molecule is Cc1ccc(Cl)c(Cn2c3nc(-c4cnc(C(C)(C)O)nc4C)ccc3c(=O)n2C)c1. The van der Waals surface area contributed by atoms with E-state index in [1.807, 2.05) is 36.7 Å². The van der Waals surface area contributed by atoms with Gasteiger partial charge in [0.15, 0.2) is 11.5 Å². The maximum atomic E-state index is 12.8. The average Bonchev–Trinajstić information content (AvgIpc) is 2.94. The summed E-state index contributed by atoms with van der Waals surface area (Å²) in [6.07, 6.45) is 1.66. The summed E-state index contributed by atoms with van der Waals surface area (Å²) in [5, 5.41) is 11.3. The Morgan fingerprint density at radius 3 is 2.55 bits per heavy atom. The lowest BCUT2D eigenvalue weighted by atomic mass is 10.1. The van der Waals surface area contributed by atoms with Crippen molar-refractivity contribution in [3.63, 3.8) is 0 Å². The molecule has 0 aliphatic rings. The smallest absolute Gasteiger partial charge is 0.275 e. The van der Waals surface area contributed by atoms with E-state index in [4.69, 9.17) is 16.6 Å². The number of nitrogens with zero attached hydrogens (tertiary/aromatic N) is 5. The van der Waals surface area contributed by atoms with E-state index in [1.54, 1.807) is 43.9 Å². The van der Waals surface area contributed by atoms with Gasteiger partial charge in [0.2, 0.25) is 0 Å². The van der Waals surface area contributed by atoms with Crippen molar-refractivity contribution in [1.29, 1.82) is 0 Å². The number of fused-ring (bicyclic) bond motifs is 1. The van der Waals surface area contributed by atoms with Crippen LogP contribution >= 0.6 is 11.6 Å². The van der Waals surface area contributed by atoms with Crippen LogP contribution in [0.4, 0.5) is 0 Å². The van der Waals surface area contributed by atoms with Gasteiger partial charge in [-0.1, -0.05) is 29.3 Å². The standard InChI is InChI=1S/C23H24ClN5O2/c1-13-6-8-18(24)15(10-13)12-29-20-16(21(30)28(29)5)7-9-19(27-20)17-11-25-22(23(3,4)31)26-14(17)2/h6-11,31H,12H2,1-5H3. The van der Waals surface area contributed by atoms with E-state index in [9.17, 15) is 9.90 Å². The number of aromatic nitrogens is 5. The minimum Gasteiger partial charge on any atom is -0.382 e. The third-order valence-electron chi connectivity index (χ3n) is 5.33. The van der Waals surface area contributed by atoms with Gasteiger partial charge in [-0.3, -0.25) is 14.2 Å². The highest BCUT2D eigenvalue weighted by molar-refractivity contribution is 6.31. The van der Waals surface area contributed by atoms with Crippen molar-refractivity contribution in [2.24, 2.45) is 7.05 Å². The van der Waals surface area contributed by atoms with Gasteiger partial charge in [-0.05, 0) is 51.5 Å². The number of rotatable bonds is 4. The Kier molecular flexibility index (Phi) is 5.19. The van der Waals surface area contributed by atoms with Gasteiger partial charge in [0.25, 0.3) is 5.56 Å². The van der Waals surface area contributed by atoms with Crippen molar-refractivity contribution in [3.8, 4) is 11.3 Å². The molecule has 0 bridgehead atoms. The third-order valence-corrected chi connectivity index (χ3v) is 5.70. The van der Waals surface area contributed by atoms with E-state index >= 15 is 0 Å². The predicted octanol–water partition coefficient (Wildman–Crippen LogP) is 3.74. The number of pyridine rings is 1. The van der Waals surface area contributed by atoms with Gasteiger partial charge in [-0.2, -0.15) is 0 Å². The highest BCUT2D eigenvalue weighted by atomic mass is 35.5. The van der Waals surface area contributed by atoms with Gasteiger partial charge < -0.3 is 5.11 Å². The minimum atomic E-state index is -1.13. The van der Waals surface area contributed by atoms with E-state index in [1.165, 1.54) is 0 Å². The lowest BCUT2D eigenvalue weighted by Gasteiger charge is -2.16. The molecule has 0 aliphatic heterocycles. The molecule has 1 N–H and O–H groups in total. The monoisotopic (exact) mass is 437 g/mol. The topological polar surface area (TPSA) is 85.8 Å². The van der Waals surface area contributed by atoms with Crippen LogP contribution in [0.25, 0.3) is 22.3 Å². The fourth-order valence-corrected chi connectivity index (χ4v) is 3.75. The maximum absolute atomic E-state index is 12.8. The Morgan fingerprint density at radius 1 is 1.13 bits per heavy atom. The van der Waals surface area contributed by atoms with Crippen LogP contribution in [0, 0.1) is 13.8 Å². The van der Waals surface area contributed by atoms with Gasteiger partial charge in [-0.15, -0.1) is 0 Å². The molecule has 0 saturated carbocycles. The lowest BCUT2D eigenvalue weighted by molar-refractivity contribution is 0.0685. The number of halogens is 1. The predicted molar refractivity (Wildman–Crippen MR) is 121 cm³/mol. The van der Waals surface area contributed by atoms with Gasteiger partial charge in [0.05, 0.1) is 23.3 Å². The summed E-state index contributed by atoms with van der Waals surface area (Å²) in [5.41, 5.74) is 3.41. The maximum Gasteiger partial charge on any atom is 0.275 e. The zero-order valence-electron chi connectivity index (χ0n) is 18.1. The summed E-state index contributed by atoms with van der Waals surface area (Å²) in [4.78, 5) is 26.3. The summed E-state index contributed by atoms with van der Waals surface area (Å²) in [6, 6.07) is 9.39. The van der Waals surface area contributed by atoms with Crippen LogP contribution in [-0.2, 0) is 19.2 Å². The van der Waals surface area contributed by atoms with Crippen LogP contribution in [-0.4, -0.2) is 29.4 Å². The summed E-state index contributed by atoms with van der Waals surface area (Å²) in [7, 11) is 1.72. The van der Waals surface area contributed by atoms with Crippen LogP contribution in [0.15, 0.2) is 41.3 Å². The lowest BCUT2D eigenvalue weighted by Crippen LogP contribution is -2.20. The first kappa shape index (κ1) is 21.2. The highest BCUT2D eigenvalue weighted by Crippen LogP contribution is 2.25. The first-order chi connectivity index (χ1) is 14.6. The fourth-order valence-electron chi connectivity index (χ4n) is 3.57. The van der Waals surface area contributed by atoms with Crippen molar-refractivity contribution in [2.75, 3.05) is 0 Å². The molecule has 8 heteroatoms. The van der Waals surface area contributed by atoms with Crippen molar-refractivity contribution in [3.05, 3.63) is 74.6 Å². The van der Waals surface area contributed by atoms with Crippen molar-refractivity contribution in [2.45, 2.75) is 39.8 Å². The van der Waals surface area contributed by atoms with Crippen molar-refractivity contribution >= 4 is 22.6 Å². The second-order valence-electron chi connectivity index (χ2n) is 8.30. The van der Waals surface area contributed by atoms with Gasteiger partial charge in [0, 0.05) is 23.8 Å². The van der Waals surface area contributed by atoms with Crippen LogP contribution < -0.4 is 5.56 Å². The van der Waals surface area contributed by atoms with E-state index in [-0.39, 0.29) is 5.56 Å². The molecule has 0 amide bonds. The van der Waals surface area contributed by atoms with Crippen LogP contribution in [0.1, 0.15) is 36.5 Å². The molecule has 7 nitrogen and oxygen atoms in total. The second kappa shape index (κ2) is 7.59. The molecule has 0 fully saturated rings. The average molecular weight is 438 g/mol. The van der Waals surface area contributed by atoms with Crippen LogP contribution in [0.3, 0.4) is 0 Å². The summed E-state index contributed by atoms with van der Waals surface area (Å²) in [5.74, 6) is 0.348. The van der Waals surface area contributed by atoms with Crippen molar-refractivity contribution < 1.29 is 5.11 Å². The molecule has 0 aliphatic carbocycles. The molecule has 3 aromatic heterocycles. The first-order valence-corrected chi connectivity index (χ1v) is 10.3. The van der Waals surface area contributed by atoms with E-state index < -0.39 is 5.60 Å². The zero-order valence-corrected chi connectivity index (χ0v) is 18.9. The molecule has 0 radical (unpaired) electrons. The molecule has 0 unspecified atom stereocenters. The Morgan fingerprint density at radius 2 is 1.87 bits per heavy atom. The van der Waals surface area contributed by atoms with Gasteiger partial charge in [-0.25, -0.2) is 15.0 Å². The Balaban J connectivity index is 1.85. The van der Waals surface area contributed by atoms with E-state index in [0.717, 1.165) is 16.7 Å². The normalized spacial score (nSPS) is 12.0. The highest BCUT2D eigenvalue weighted by Gasteiger charge is 2.21. The van der Waals surface area contributed by atoms with Crippen molar-refractivity contribution in [1.82, 2.24) is 24.3 Å². The molecule has 0 spiro atoms. The Bertz CT molecular complexity index is 1370. The number of benzene rings is 1. The Hall–Kier alpha value is -3.03. The molecule has 0 saturated heterocycles. The Labute approximate surface area is 185 Å². The van der Waals surface area contributed by atoms with E-state index in [0.29, 0.717) is 39.8 Å². The molecule has 4 rings (SSSR count). The van der Waals surface area contributed by atoms with Gasteiger partial charge >= 0.3 is 0 Å². The van der Waals surface area contributed by atoms with Crippen LogP contribution in [0.2, 0.25) is 5.02 Å². The summed E-state index contributed by atoms with van der Waals surface area (Å²) < 4.78 is 3.38. The molecule has 4 aromatic rings. The first-order valence-electron chi connectivity index (χ1n) is 9.94. The molecule has 3 heterocycles. The van der Waals surface area contributed by atoms with Crippen LogP contribution in [0.5, 0.6) is 0 Å². The summed E-state index contributed by atoms with van der Waals surface area (Å²) >= 11 is 6.40. The molecular weight excluding hydrogens is 414 g/mol. The minimum absolute atomic E-state index is 0.122. The van der Waals surface area contributed by atoms with E-state index in [2.05, 4.69) is 9.97 Å². The summed E-state index contributed by atoms with van der Waals surface area (Å²) in [6.45, 7) is 7.56. The number of aliphatic hydroxyl groups is 1. The molecule has 160 valence electrons. The quantitative estimate of drug-likeness (QED) is 0.525. The molecule has 1 aromatic carbocycles. The zero-order chi connectivity index (χ0) is 22.5. The largest absolute Gasteiger partial charge is 0.382 e. The molecule has 0 atom stereocenters. The third kappa shape index (κ3) is 3.86. The number of hydrogen-bond donors (Lipinski definition) is 1. The van der Waals surface area contributed by atoms with Gasteiger partial charge in [0.1, 0.15) is 5.60 Å². The fraction of sp³-hybridized carbons (Fsp3) is 0.304. The second-order valence-corrected chi connectivity index (χ2v) is 8.71. The molecule has 31 heavy (non-hydrogen) atoms. The number of hydrogen-bond acceptors (Lipinski definition) is 5. The molecular formula is C23H24ClN5O2. The number of aryl methyl sites for hydroxylation is 2.